The Morgan fingerprint density at radius 1 is 1.24 bits per heavy atom. The maximum absolute atomic E-state index is 12.2. The van der Waals surface area contributed by atoms with E-state index in [0.29, 0.717) is 18.5 Å². The zero-order chi connectivity index (χ0) is 14.8. The van der Waals surface area contributed by atoms with Crippen LogP contribution >= 0.6 is 0 Å². The van der Waals surface area contributed by atoms with Gasteiger partial charge in [-0.25, -0.2) is 0 Å². The Bertz CT molecular complexity index is 476. The van der Waals surface area contributed by atoms with Crippen molar-refractivity contribution in [2.75, 3.05) is 7.05 Å². The van der Waals surface area contributed by atoms with E-state index in [1.807, 2.05) is 30.3 Å². The molecule has 0 bridgehead atoms. The molecule has 1 aliphatic carbocycles. The van der Waals surface area contributed by atoms with E-state index in [0.717, 1.165) is 31.2 Å². The molecule has 21 heavy (non-hydrogen) atoms. The van der Waals surface area contributed by atoms with Crippen LogP contribution in [0.15, 0.2) is 30.3 Å². The van der Waals surface area contributed by atoms with E-state index in [1.165, 1.54) is 0 Å². The zero-order valence-corrected chi connectivity index (χ0v) is 12.4. The van der Waals surface area contributed by atoms with E-state index in [-0.39, 0.29) is 11.9 Å². The summed E-state index contributed by atoms with van der Waals surface area (Å²) >= 11 is 0. The summed E-state index contributed by atoms with van der Waals surface area (Å²) in [5.41, 5.74) is 0.974. The molecule has 2 aliphatic rings. The van der Waals surface area contributed by atoms with Crippen molar-refractivity contribution in [3.8, 4) is 0 Å². The molecule has 1 saturated heterocycles. The average Bonchev–Trinajstić information content (AvgIpc) is 3.14. The van der Waals surface area contributed by atoms with Gasteiger partial charge in [-0.05, 0) is 38.3 Å². The number of carbonyl (C=O) groups is 1. The number of likely N-dealkylation sites (N-methyl/N-ethyl adjacent to an activating group) is 1. The highest BCUT2D eigenvalue weighted by molar-refractivity contribution is 5.72. The minimum atomic E-state index is -1.04. The topological polar surface area (TPSA) is 49.5 Å². The number of aliphatic hydroxyl groups excluding tert-OH is 1. The molecule has 0 spiro atoms. The van der Waals surface area contributed by atoms with Crippen LogP contribution in [0.3, 0.4) is 0 Å². The fraction of sp³-hybridized carbons (Fsp3) is 0.588. The van der Waals surface area contributed by atoms with Gasteiger partial charge in [0.25, 0.3) is 0 Å². The predicted molar refractivity (Wildman–Crippen MR) is 79.5 cm³/mol. The Morgan fingerprint density at radius 2 is 1.86 bits per heavy atom. The lowest BCUT2D eigenvalue weighted by molar-refractivity contribution is -0.173. The van der Waals surface area contributed by atoms with Gasteiger partial charge in [-0.1, -0.05) is 30.3 Å². The van der Waals surface area contributed by atoms with Crippen molar-refractivity contribution in [1.82, 2.24) is 4.90 Å². The third-order valence-electron chi connectivity index (χ3n) is 4.86. The summed E-state index contributed by atoms with van der Waals surface area (Å²) in [6.07, 6.45) is 3.20. The molecule has 1 aliphatic heterocycles. The van der Waals surface area contributed by atoms with Gasteiger partial charge in [0.05, 0.1) is 5.92 Å². The summed E-state index contributed by atoms with van der Waals surface area (Å²) < 4.78 is 5.23. The van der Waals surface area contributed by atoms with Crippen LogP contribution in [0, 0.1) is 5.92 Å². The monoisotopic (exact) mass is 289 g/mol. The van der Waals surface area contributed by atoms with E-state index >= 15 is 0 Å². The molecule has 1 heterocycles. The van der Waals surface area contributed by atoms with Crippen LogP contribution in [0.2, 0.25) is 0 Å². The number of rotatable bonds is 4. The minimum Gasteiger partial charge on any atom is -0.435 e. The maximum atomic E-state index is 12.2. The van der Waals surface area contributed by atoms with Crippen LogP contribution in [0.5, 0.6) is 0 Å². The number of esters is 1. The molecular weight excluding hydrogens is 266 g/mol. The number of nitrogens with zero attached hydrogens (tertiary/aromatic N) is 1. The van der Waals surface area contributed by atoms with Crippen LogP contribution in [0.4, 0.5) is 0 Å². The molecule has 1 aromatic rings. The van der Waals surface area contributed by atoms with Crippen LogP contribution in [-0.4, -0.2) is 41.4 Å². The Hall–Kier alpha value is -1.39. The summed E-state index contributed by atoms with van der Waals surface area (Å²) in [4.78, 5) is 14.5. The molecule has 1 N–H and O–H groups in total. The van der Waals surface area contributed by atoms with Gasteiger partial charge >= 0.3 is 5.97 Å². The lowest BCUT2D eigenvalue weighted by Crippen LogP contribution is -2.26. The summed E-state index contributed by atoms with van der Waals surface area (Å²) in [6, 6.07) is 10.9. The SMILES string of the molecule is CN1C2CCC(C(=O)OC(O)Cc3ccccc3)CCC21. The first-order chi connectivity index (χ1) is 10.1. The van der Waals surface area contributed by atoms with Gasteiger partial charge in [-0.2, -0.15) is 0 Å². The lowest BCUT2D eigenvalue weighted by atomic mass is 10.00. The molecule has 4 nitrogen and oxygen atoms in total. The van der Waals surface area contributed by atoms with E-state index < -0.39 is 6.29 Å². The number of hydrogen-bond acceptors (Lipinski definition) is 4. The highest BCUT2D eigenvalue weighted by atomic mass is 16.6. The van der Waals surface area contributed by atoms with Gasteiger partial charge in [0.2, 0.25) is 6.29 Å². The number of carbonyl (C=O) groups excluding carboxylic acids is 1. The lowest BCUT2D eigenvalue weighted by Gasteiger charge is -2.18. The number of ether oxygens (including phenoxy) is 1. The molecule has 0 radical (unpaired) electrons. The van der Waals surface area contributed by atoms with Gasteiger partial charge in [-0.3, -0.25) is 9.69 Å². The van der Waals surface area contributed by atoms with Crippen molar-refractivity contribution in [2.45, 2.75) is 50.5 Å². The Labute approximate surface area is 125 Å². The molecule has 0 amide bonds. The quantitative estimate of drug-likeness (QED) is 0.523. The summed E-state index contributed by atoms with van der Waals surface area (Å²) in [7, 11) is 2.15. The summed E-state index contributed by atoms with van der Waals surface area (Å²) in [5.74, 6) is -0.279. The Morgan fingerprint density at radius 3 is 2.48 bits per heavy atom. The van der Waals surface area contributed by atoms with Gasteiger partial charge < -0.3 is 9.84 Å². The Kier molecular flexibility index (Phi) is 4.27. The largest absolute Gasteiger partial charge is 0.435 e. The van der Waals surface area contributed by atoms with Crippen LogP contribution in [0.1, 0.15) is 31.2 Å². The number of hydrogen-bond donors (Lipinski definition) is 1. The number of aliphatic hydroxyl groups is 1. The van der Waals surface area contributed by atoms with Crippen molar-refractivity contribution in [3.63, 3.8) is 0 Å². The second-order valence-electron chi connectivity index (χ2n) is 6.23. The highest BCUT2D eigenvalue weighted by Gasteiger charge is 2.46. The highest BCUT2D eigenvalue weighted by Crippen LogP contribution is 2.39. The Balaban J connectivity index is 1.47. The molecule has 1 aromatic carbocycles. The third-order valence-corrected chi connectivity index (χ3v) is 4.86. The van der Waals surface area contributed by atoms with Crippen molar-refractivity contribution in [2.24, 2.45) is 5.92 Å². The third kappa shape index (κ3) is 3.44. The van der Waals surface area contributed by atoms with Gasteiger partial charge in [0.15, 0.2) is 0 Å². The van der Waals surface area contributed by atoms with Gasteiger partial charge in [-0.15, -0.1) is 0 Å². The molecule has 3 atom stereocenters. The van der Waals surface area contributed by atoms with E-state index in [1.54, 1.807) is 0 Å². The zero-order valence-electron chi connectivity index (χ0n) is 12.4. The van der Waals surface area contributed by atoms with Crippen LogP contribution in [-0.2, 0) is 16.0 Å². The van der Waals surface area contributed by atoms with Gasteiger partial charge in [0, 0.05) is 18.5 Å². The molecule has 114 valence electrons. The molecule has 4 heteroatoms. The molecule has 3 unspecified atom stereocenters. The second-order valence-corrected chi connectivity index (χ2v) is 6.23. The minimum absolute atomic E-state index is 0.0448. The van der Waals surface area contributed by atoms with E-state index in [9.17, 15) is 9.90 Å². The smallest absolute Gasteiger partial charge is 0.311 e. The molecule has 2 fully saturated rings. The van der Waals surface area contributed by atoms with E-state index in [4.69, 9.17) is 4.74 Å². The fourth-order valence-electron chi connectivity index (χ4n) is 3.48. The second kappa shape index (κ2) is 6.16. The van der Waals surface area contributed by atoms with Crippen molar-refractivity contribution >= 4 is 5.97 Å². The number of benzene rings is 1. The number of likely N-dealkylation sites (tertiary alicyclic amines) is 1. The fourth-order valence-corrected chi connectivity index (χ4v) is 3.48. The van der Waals surface area contributed by atoms with E-state index in [2.05, 4.69) is 11.9 Å². The summed E-state index contributed by atoms with van der Waals surface area (Å²) in [6.45, 7) is 0. The first kappa shape index (κ1) is 14.5. The summed E-state index contributed by atoms with van der Waals surface area (Å²) in [5, 5.41) is 9.93. The first-order valence-corrected chi connectivity index (χ1v) is 7.79. The molecule has 0 aromatic heterocycles. The van der Waals surface area contributed by atoms with Gasteiger partial charge in [0.1, 0.15) is 0 Å². The predicted octanol–water partition coefficient (Wildman–Crippen LogP) is 1.96. The molecule has 1 saturated carbocycles. The molecular formula is C17H23NO3. The normalized spacial score (nSPS) is 32.7. The van der Waals surface area contributed by atoms with Crippen LogP contribution < -0.4 is 0 Å². The van der Waals surface area contributed by atoms with Crippen LogP contribution in [0.25, 0.3) is 0 Å². The van der Waals surface area contributed by atoms with Crippen molar-refractivity contribution < 1.29 is 14.6 Å². The van der Waals surface area contributed by atoms with Crippen molar-refractivity contribution in [3.05, 3.63) is 35.9 Å². The standard InChI is InChI=1S/C17H23NO3/c1-18-14-9-7-13(8-10-15(14)18)17(20)21-16(19)11-12-5-3-2-4-6-12/h2-6,13-16,19H,7-11H2,1H3. The maximum Gasteiger partial charge on any atom is 0.311 e. The van der Waals surface area contributed by atoms with Crippen molar-refractivity contribution in [1.29, 1.82) is 0 Å². The first-order valence-electron chi connectivity index (χ1n) is 7.79. The molecule has 3 rings (SSSR count). The average molecular weight is 289 g/mol. The number of fused-ring (bicyclic) bond motifs is 1.